The monoisotopic (exact) mass is 676 g/mol. The van der Waals surface area contributed by atoms with Crippen LogP contribution in [0.3, 0.4) is 0 Å². The molecule has 7 aromatic heterocycles. The molecule has 2 N–H and O–H groups in total. The van der Waals surface area contributed by atoms with Crippen molar-refractivity contribution >= 4 is 46.4 Å². The molecular weight excluding hydrogens is 651 g/mol. The van der Waals surface area contributed by atoms with Crippen LogP contribution in [-0.2, 0) is 16.5 Å². The standard InChI is InChI=1S/C40H26N8.Ni/c1-5-25(21-41-17-1)37-29-9-11-31(45-29)38(26-6-2-18-42-22-26)33-13-15-35(47-33)40(28-8-4-20-44-24-28)36-16-14-34(48-36)39(27-7-3-19-43-23-27)32-12-10-30(37)46-32;/h1-24,45,48H;. The summed E-state index contributed by atoms with van der Waals surface area (Å²) in [6.07, 6.45) is 22.9. The van der Waals surface area contributed by atoms with E-state index in [2.05, 4.69) is 103 Å². The van der Waals surface area contributed by atoms with E-state index in [1.807, 2.05) is 49.1 Å². The van der Waals surface area contributed by atoms with E-state index in [4.69, 9.17) is 9.97 Å². The topological polar surface area (TPSA) is 109 Å². The molecular formula is C40H26N8Ni. The normalized spacial score (nSPS) is 11.8. The first kappa shape index (κ1) is 30.1. The summed E-state index contributed by atoms with van der Waals surface area (Å²) < 4.78 is 0. The number of aromatic amines is 2. The summed E-state index contributed by atoms with van der Waals surface area (Å²) in [5.41, 5.74) is 14.5. The first-order chi connectivity index (χ1) is 23.8. The summed E-state index contributed by atoms with van der Waals surface area (Å²) in [6, 6.07) is 24.4. The molecule has 0 atom stereocenters. The zero-order valence-corrected chi connectivity index (χ0v) is 26.8. The number of fused-ring (bicyclic) bond motifs is 8. The minimum Gasteiger partial charge on any atom is -0.354 e. The number of nitrogens with one attached hydrogen (secondary N) is 2. The summed E-state index contributed by atoms with van der Waals surface area (Å²) in [5, 5.41) is 0. The van der Waals surface area contributed by atoms with Crippen molar-refractivity contribution < 1.29 is 16.5 Å². The van der Waals surface area contributed by atoms with Crippen LogP contribution >= 0.6 is 0 Å². The smallest absolute Gasteiger partial charge is 0.0737 e. The molecule has 0 fully saturated rings. The molecule has 2 aliphatic rings. The maximum absolute atomic E-state index is 5.27. The van der Waals surface area contributed by atoms with E-state index in [1.54, 1.807) is 24.8 Å². The molecule has 0 saturated heterocycles. The number of H-pyrrole nitrogens is 2. The van der Waals surface area contributed by atoms with Gasteiger partial charge < -0.3 is 9.97 Å². The molecule has 9 heteroatoms. The fourth-order valence-corrected chi connectivity index (χ4v) is 6.46. The average Bonchev–Trinajstić information content (AvgIpc) is 3.98. The minimum atomic E-state index is 0. The van der Waals surface area contributed by atoms with E-state index >= 15 is 0 Å². The van der Waals surface area contributed by atoms with Gasteiger partial charge in [-0.3, -0.25) is 19.9 Å². The predicted molar refractivity (Wildman–Crippen MR) is 192 cm³/mol. The van der Waals surface area contributed by atoms with Gasteiger partial charge in [-0.1, -0.05) is 24.3 Å². The first-order valence-electron chi connectivity index (χ1n) is 15.6. The molecule has 2 aliphatic heterocycles. The number of pyridine rings is 4. The SMILES string of the molecule is C1=Cc2nc1c(-c1cccnc1)c1ccc([nH]1)c(-c1cccnc1)c1nc(c(-c3cccnc3)c3ccc([nH]3)c2-c2cccnc2)C=C1.[Ni]. The molecule has 8 bridgehead atoms. The van der Waals surface area contributed by atoms with Crippen molar-refractivity contribution in [2.24, 2.45) is 0 Å². The summed E-state index contributed by atoms with van der Waals surface area (Å²) in [6.45, 7) is 0. The van der Waals surface area contributed by atoms with Gasteiger partial charge in [0.15, 0.2) is 0 Å². The van der Waals surface area contributed by atoms with Crippen molar-refractivity contribution in [1.29, 1.82) is 0 Å². The van der Waals surface area contributed by atoms with Gasteiger partial charge in [0, 0.05) is 133 Å². The van der Waals surface area contributed by atoms with Gasteiger partial charge in [-0.2, -0.15) is 0 Å². The molecule has 9 heterocycles. The molecule has 7 aromatic rings. The van der Waals surface area contributed by atoms with Crippen LogP contribution in [-0.4, -0.2) is 39.9 Å². The number of hydrogen-bond acceptors (Lipinski definition) is 6. The number of nitrogens with zero attached hydrogens (tertiary/aromatic N) is 6. The molecule has 236 valence electrons. The fraction of sp³-hybridized carbons (Fsp3) is 0. The summed E-state index contributed by atoms with van der Waals surface area (Å²) in [7, 11) is 0. The molecule has 0 unspecified atom stereocenters. The third kappa shape index (κ3) is 5.46. The quantitative estimate of drug-likeness (QED) is 0.180. The van der Waals surface area contributed by atoms with Gasteiger partial charge in [0.1, 0.15) is 0 Å². The maximum atomic E-state index is 5.27. The Morgan fingerprint density at radius 2 is 0.612 bits per heavy atom. The van der Waals surface area contributed by atoms with Gasteiger partial charge in [-0.25, -0.2) is 9.97 Å². The molecule has 0 aromatic carbocycles. The van der Waals surface area contributed by atoms with E-state index in [-0.39, 0.29) is 16.5 Å². The summed E-state index contributed by atoms with van der Waals surface area (Å²) in [5.74, 6) is 0. The van der Waals surface area contributed by atoms with Crippen LogP contribution in [0.2, 0.25) is 0 Å². The van der Waals surface area contributed by atoms with Crippen LogP contribution in [0.5, 0.6) is 0 Å². The van der Waals surface area contributed by atoms with Crippen molar-refractivity contribution in [3.8, 4) is 44.5 Å². The zero-order valence-electron chi connectivity index (χ0n) is 25.9. The van der Waals surface area contributed by atoms with E-state index in [9.17, 15) is 0 Å². The summed E-state index contributed by atoms with van der Waals surface area (Å²) in [4.78, 5) is 35.8. The van der Waals surface area contributed by atoms with E-state index in [1.165, 1.54) is 0 Å². The van der Waals surface area contributed by atoms with Crippen LogP contribution in [0, 0.1) is 0 Å². The molecule has 8 nitrogen and oxygen atoms in total. The second-order valence-corrected chi connectivity index (χ2v) is 11.5. The second-order valence-electron chi connectivity index (χ2n) is 11.5. The van der Waals surface area contributed by atoms with Crippen molar-refractivity contribution in [2.75, 3.05) is 0 Å². The molecule has 9 rings (SSSR count). The molecule has 49 heavy (non-hydrogen) atoms. The minimum absolute atomic E-state index is 0. The molecule has 0 saturated carbocycles. The Labute approximate surface area is 291 Å². The number of hydrogen-bond donors (Lipinski definition) is 2. The Morgan fingerprint density at radius 3 is 0.837 bits per heavy atom. The Balaban J connectivity index is 0.00000348. The Morgan fingerprint density at radius 1 is 0.347 bits per heavy atom. The van der Waals surface area contributed by atoms with Crippen molar-refractivity contribution in [3.05, 3.63) is 145 Å². The fourth-order valence-electron chi connectivity index (χ4n) is 6.46. The van der Waals surface area contributed by atoms with Gasteiger partial charge in [-0.15, -0.1) is 0 Å². The molecule has 0 radical (unpaired) electrons. The van der Waals surface area contributed by atoms with Crippen LogP contribution in [0.4, 0.5) is 0 Å². The van der Waals surface area contributed by atoms with Crippen LogP contribution in [0.1, 0.15) is 22.8 Å². The number of aromatic nitrogens is 8. The van der Waals surface area contributed by atoms with Crippen molar-refractivity contribution in [1.82, 2.24) is 39.9 Å². The third-order valence-electron chi connectivity index (χ3n) is 8.55. The Bertz CT molecular complexity index is 2190. The van der Waals surface area contributed by atoms with Crippen LogP contribution < -0.4 is 0 Å². The molecule has 0 spiro atoms. The Kier molecular flexibility index (Phi) is 7.80. The van der Waals surface area contributed by atoms with Gasteiger partial charge in [0.25, 0.3) is 0 Å². The molecule has 0 amide bonds. The van der Waals surface area contributed by atoms with Gasteiger partial charge >= 0.3 is 0 Å². The first-order valence-corrected chi connectivity index (χ1v) is 15.6. The predicted octanol–water partition coefficient (Wildman–Crippen LogP) is 8.90. The van der Waals surface area contributed by atoms with Gasteiger partial charge in [0.2, 0.25) is 0 Å². The molecule has 0 aliphatic carbocycles. The second kappa shape index (κ2) is 12.7. The maximum Gasteiger partial charge on any atom is 0.0737 e. The van der Waals surface area contributed by atoms with Gasteiger partial charge in [0.05, 0.1) is 22.8 Å². The Hall–Kier alpha value is -6.31. The average molecular weight is 677 g/mol. The van der Waals surface area contributed by atoms with E-state index in [0.29, 0.717) is 0 Å². The van der Waals surface area contributed by atoms with E-state index in [0.717, 1.165) is 89.4 Å². The van der Waals surface area contributed by atoms with Crippen LogP contribution in [0.15, 0.2) is 122 Å². The van der Waals surface area contributed by atoms with Crippen molar-refractivity contribution in [3.63, 3.8) is 0 Å². The zero-order chi connectivity index (χ0) is 31.9. The van der Waals surface area contributed by atoms with Crippen molar-refractivity contribution in [2.45, 2.75) is 0 Å². The third-order valence-corrected chi connectivity index (χ3v) is 8.55. The largest absolute Gasteiger partial charge is 0.354 e. The van der Waals surface area contributed by atoms with E-state index < -0.39 is 0 Å². The van der Waals surface area contributed by atoms with Gasteiger partial charge in [-0.05, 0) is 72.8 Å². The number of rotatable bonds is 4. The summed E-state index contributed by atoms with van der Waals surface area (Å²) >= 11 is 0. The van der Waals surface area contributed by atoms with Crippen LogP contribution in [0.25, 0.3) is 90.9 Å².